The summed E-state index contributed by atoms with van der Waals surface area (Å²) >= 11 is 0. The van der Waals surface area contributed by atoms with Gasteiger partial charge in [-0.05, 0) is 6.07 Å². The molecule has 0 atom stereocenters. The number of hydrogen-bond donors (Lipinski definition) is 1. The van der Waals surface area contributed by atoms with Crippen molar-refractivity contribution < 1.29 is 17.7 Å². The Morgan fingerprint density at radius 3 is 2.61 bits per heavy atom. The van der Waals surface area contributed by atoms with Crippen molar-refractivity contribution in [3.8, 4) is 0 Å². The van der Waals surface area contributed by atoms with Gasteiger partial charge in [-0.3, -0.25) is 10.1 Å². The molecule has 0 saturated carbocycles. The number of nitro benzene ring substituents is 1. The van der Waals surface area contributed by atoms with E-state index in [0.717, 1.165) is 24.5 Å². The zero-order valence-corrected chi connectivity index (χ0v) is 12.5. The third-order valence-corrected chi connectivity index (χ3v) is 4.69. The lowest BCUT2D eigenvalue weighted by Gasteiger charge is -2.22. The van der Waals surface area contributed by atoms with Crippen LogP contribution in [0.25, 0.3) is 0 Å². The summed E-state index contributed by atoms with van der Waals surface area (Å²) in [5.74, 6) is -1.20. The van der Waals surface area contributed by atoms with Gasteiger partial charge in [0, 0.05) is 25.2 Å². The maximum Gasteiger partial charge on any atom is 0.289 e. The van der Waals surface area contributed by atoms with Crippen molar-refractivity contribution in [1.29, 1.82) is 0 Å². The van der Waals surface area contributed by atoms with Crippen molar-refractivity contribution in [1.82, 2.24) is 9.97 Å². The van der Waals surface area contributed by atoms with Gasteiger partial charge in [0.15, 0.2) is 4.90 Å². The van der Waals surface area contributed by atoms with Crippen LogP contribution in [0, 0.1) is 16.1 Å². The molecule has 11 heteroatoms. The van der Waals surface area contributed by atoms with Crippen LogP contribution in [-0.2, 0) is 10.0 Å². The highest BCUT2D eigenvalue weighted by atomic mass is 32.2. The number of hydrogen-bond acceptors (Lipinski definition) is 7. The molecule has 0 aliphatic rings. The topological polar surface area (TPSA) is 132 Å². The third kappa shape index (κ3) is 3.40. The SMILES string of the molecule is NCCN(c1cc(F)ncn1)S(=O)(=O)c1ccccc1[N+](=O)[O-]. The lowest BCUT2D eigenvalue weighted by atomic mass is 10.3. The molecule has 0 bridgehead atoms. The third-order valence-electron chi connectivity index (χ3n) is 2.84. The van der Waals surface area contributed by atoms with Crippen LogP contribution in [0.5, 0.6) is 0 Å². The Balaban J connectivity index is 2.61. The fourth-order valence-electron chi connectivity index (χ4n) is 1.88. The molecule has 1 heterocycles. The molecule has 0 aliphatic heterocycles. The van der Waals surface area contributed by atoms with Gasteiger partial charge in [-0.15, -0.1) is 0 Å². The molecule has 0 fully saturated rings. The summed E-state index contributed by atoms with van der Waals surface area (Å²) < 4.78 is 39.4. The summed E-state index contributed by atoms with van der Waals surface area (Å²) in [4.78, 5) is 16.6. The van der Waals surface area contributed by atoms with Crippen molar-refractivity contribution in [3.63, 3.8) is 0 Å². The summed E-state index contributed by atoms with van der Waals surface area (Å²) in [7, 11) is -4.35. The Kier molecular flexibility index (Phi) is 4.81. The number of halogens is 1. The average Bonchev–Trinajstić information content (AvgIpc) is 2.52. The molecule has 23 heavy (non-hydrogen) atoms. The molecule has 0 aliphatic carbocycles. The van der Waals surface area contributed by atoms with E-state index in [0.29, 0.717) is 4.31 Å². The second-order valence-corrected chi connectivity index (χ2v) is 6.12. The second-order valence-electron chi connectivity index (χ2n) is 4.29. The number of para-hydroxylation sites is 1. The first-order chi connectivity index (χ1) is 10.9. The Morgan fingerprint density at radius 2 is 2.00 bits per heavy atom. The molecule has 0 saturated heterocycles. The minimum Gasteiger partial charge on any atom is -0.329 e. The van der Waals surface area contributed by atoms with E-state index in [1.165, 1.54) is 12.1 Å². The van der Waals surface area contributed by atoms with Crippen LogP contribution in [0.4, 0.5) is 15.9 Å². The quantitative estimate of drug-likeness (QED) is 0.464. The van der Waals surface area contributed by atoms with E-state index in [4.69, 9.17) is 5.73 Å². The van der Waals surface area contributed by atoms with Gasteiger partial charge in [0.05, 0.1) is 4.92 Å². The van der Waals surface area contributed by atoms with E-state index in [-0.39, 0.29) is 18.9 Å². The molecule has 0 radical (unpaired) electrons. The first-order valence-electron chi connectivity index (χ1n) is 6.31. The van der Waals surface area contributed by atoms with Gasteiger partial charge in [0.25, 0.3) is 15.7 Å². The summed E-state index contributed by atoms with van der Waals surface area (Å²) in [5.41, 5.74) is 4.81. The molecule has 9 nitrogen and oxygen atoms in total. The molecule has 1 aromatic carbocycles. The molecule has 2 N–H and O–H groups in total. The van der Waals surface area contributed by atoms with Crippen LogP contribution in [0.15, 0.2) is 41.6 Å². The largest absolute Gasteiger partial charge is 0.329 e. The molecule has 2 rings (SSSR count). The van der Waals surface area contributed by atoms with Gasteiger partial charge >= 0.3 is 0 Å². The Morgan fingerprint density at radius 1 is 1.30 bits per heavy atom. The number of nitrogens with two attached hydrogens (primary N) is 1. The highest BCUT2D eigenvalue weighted by Crippen LogP contribution is 2.28. The number of nitro groups is 1. The number of nitrogens with zero attached hydrogens (tertiary/aromatic N) is 4. The van der Waals surface area contributed by atoms with Crippen molar-refractivity contribution >= 4 is 21.5 Å². The number of benzene rings is 1. The van der Waals surface area contributed by atoms with E-state index in [9.17, 15) is 22.9 Å². The smallest absolute Gasteiger partial charge is 0.289 e. The van der Waals surface area contributed by atoms with E-state index < -0.39 is 31.5 Å². The van der Waals surface area contributed by atoms with E-state index in [2.05, 4.69) is 9.97 Å². The predicted octanol–water partition coefficient (Wildman–Crippen LogP) is 0.678. The molecule has 122 valence electrons. The Labute approximate surface area is 130 Å². The highest BCUT2D eigenvalue weighted by Gasteiger charge is 2.32. The monoisotopic (exact) mass is 341 g/mol. The van der Waals surface area contributed by atoms with Crippen LogP contribution < -0.4 is 10.0 Å². The van der Waals surface area contributed by atoms with Gasteiger partial charge in [-0.25, -0.2) is 22.7 Å². The molecule has 0 spiro atoms. The van der Waals surface area contributed by atoms with Gasteiger partial charge in [-0.1, -0.05) is 12.1 Å². The van der Waals surface area contributed by atoms with Crippen LogP contribution in [0.2, 0.25) is 0 Å². The molecule has 1 aromatic heterocycles. The van der Waals surface area contributed by atoms with Crippen LogP contribution in [0.3, 0.4) is 0 Å². The standard InChI is InChI=1S/C12H12FN5O4S/c13-11-7-12(16-8-15-11)17(6-5-14)23(21,22)10-4-2-1-3-9(10)18(19)20/h1-4,7-8H,5-6,14H2. The maximum atomic E-state index is 13.3. The van der Waals surface area contributed by atoms with E-state index in [1.807, 2.05) is 0 Å². The maximum absolute atomic E-state index is 13.3. The van der Waals surface area contributed by atoms with Gasteiger partial charge < -0.3 is 5.73 Å². The van der Waals surface area contributed by atoms with Gasteiger partial charge in [0.2, 0.25) is 5.95 Å². The van der Waals surface area contributed by atoms with Crippen LogP contribution in [-0.4, -0.2) is 36.4 Å². The van der Waals surface area contributed by atoms with Crippen molar-refractivity contribution in [2.75, 3.05) is 17.4 Å². The molecular weight excluding hydrogens is 329 g/mol. The normalized spacial score (nSPS) is 11.2. The minimum absolute atomic E-state index is 0.0918. The summed E-state index contributed by atoms with van der Waals surface area (Å²) in [5, 5.41) is 11.1. The summed E-state index contributed by atoms with van der Waals surface area (Å²) in [6, 6.07) is 5.65. The molecule has 0 unspecified atom stereocenters. The molecule has 2 aromatic rings. The first-order valence-corrected chi connectivity index (χ1v) is 7.75. The Hall–Kier alpha value is -2.66. The number of rotatable bonds is 6. The lowest BCUT2D eigenvalue weighted by molar-refractivity contribution is -0.387. The van der Waals surface area contributed by atoms with Crippen molar-refractivity contribution in [2.24, 2.45) is 5.73 Å². The summed E-state index contributed by atoms with van der Waals surface area (Å²) in [6.07, 6.45) is 0.850. The lowest BCUT2D eigenvalue weighted by Crippen LogP contribution is -2.36. The minimum atomic E-state index is -4.35. The highest BCUT2D eigenvalue weighted by molar-refractivity contribution is 7.93. The molecule has 0 amide bonds. The van der Waals surface area contributed by atoms with E-state index >= 15 is 0 Å². The van der Waals surface area contributed by atoms with Gasteiger partial charge in [-0.2, -0.15) is 4.39 Å². The van der Waals surface area contributed by atoms with Crippen molar-refractivity contribution in [2.45, 2.75) is 4.90 Å². The zero-order chi connectivity index (χ0) is 17.0. The Bertz CT molecular complexity index is 830. The zero-order valence-electron chi connectivity index (χ0n) is 11.7. The number of aromatic nitrogens is 2. The first kappa shape index (κ1) is 16.7. The summed E-state index contributed by atoms with van der Waals surface area (Å²) in [6.45, 7) is -0.323. The van der Waals surface area contributed by atoms with Gasteiger partial charge in [0.1, 0.15) is 12.1 Å². The molecular formula is C12H12FN5O4S. The average molecular weight is 341 g/mol. The number of sulfonamides is 1. The van der Waals surface area contributed by atoms with E-state index in [1.54, 1.807) is 0 Å². The second kappa shape index (κ2) is 6.62. The van der Waals surface area contributed by atoms with Crippen LogP contribution >= 0.6 is 0 Å². The predicted molar refractivity (Wildman–Crippen MR) is 78.7 cm³/mol. The van der Waals surface area contributed by atoms with Crippen molar-refractivity contribution in [3.05, 3.63) is 52.7 Å². The number of anilines is 1. The van der Waals surface area contributed by atoms with Crippen LogP contribution in [0.1, 0.15) is 0 Å². The fraction of sp³-hybridized carbons (Fsp3) is 0.167. The fourth-order valence-corrected chi connectivity index (χ4v) is 3.47.